The number of amides is 2. The third-order valence-corrected chi connectivity index (χ3v) is 6.10. The van der Waals surface area contributed by atoms with Gasteiger partial charge in [0.1, 0.15) is 10.6 Å². The zero-order valence-electron chi connectivity index (χ0n) is 15.8. The van der Waals surface area contributed by atoms with Gasteiger partial charge < -0.3 is 20.9 Å². The molecule has 30 heavy (non-hydrogen) atoms. The molecule has 0 spiro atoms. The Balaban J connectivity index is 1.82. The highest BCUT2D eigenvalue weighted by Crippen LogP contribution is 2.49. The molecule has 4 rings (SSSR count). The zero-order valence-corrected chi connectivity index (χ0v) is 16.6. The number of nitrogens with two attached hydrogens (primary N) is 1. The van der Waals surface area contributed by atoms with Crippen molar-refractivity contribution in [3.8, 4) is 16.9 Å². The van der Waals surface area contributed by atoms with Crippen LogP contribution in [0.25, 0.3) is 11.1 Å². The average molecular weight is 422 g/mol. The second-order valence-corrected chi connectivity index (χ2v) is 7.90. The minimum Gasteiger partial charge on any atom is -0.484 e. The van der Waals surface area contributed by atoms with Gasteiger partial charge in [0.15, 0.2) is 6.61 Å². The van der Waals surface area contributed by atoms with Crippen molar-refractivity contribution in [3.63, 3.8) is 0 Å². The molecule has 3 aromatic rings. The standard InChI is InChI=1S/C22H18N2O5S/c23-16(25)11-29-14-8-4-7-13(9-14)15-10-17(26)24-19-18(12-5-2-1-3-6-12)21(22(27)28)30-20(15)19/h1-9,15H,10-11H2,(H2,23,25)(H,24,26)(H,27,28)/t15-/m0/s1. The molecule has 0 bridgehead atoms. The minimum atomic E-state index is -1.04. The average Bonchev–Trinajstić information content (AvgIpc) is 3.12. The number of carboxylic acids is 1. The Labute approximate surface area is 176 Å². The van der Waals surface area contributed by atoms with Crippen molar-refractivity contribution in [1.82, 2.24) is 0 Å². The first-order valence-electron chi connectivity index (χ1n) is 9.20. The molecule has 0 aliphatic carbocycles. The Kier molecular flexibility index (Phi) is 5.24. The van der Waals surface area contributed by atoms with Crippen LogP contribution in [0.5, 0.6) is 5.75 Å². The molecule has 2 amide bonds. The van der Waals surface area contributed by atoms with Crippen LogP contribution in [0.2, 0.25) is 0 Å². The highest BCUT2D eigenvalue weighted by atomic mass is 32.1. The van der Waals surface area contributed by atoms with Gasteiger partial charge in [-0.1, -0.05) is 42.5 Å². The molecule has 4 N–H and O–H groups in total. The molecule has 0 saturated heterocycles. The Hall–Kier alpha value is -3.65. The fourth-order valence-electron chi connectivity index (χ4n) is 3.56. The molecule has 0 fully saturated rings. The van der Waals surface area contributed by atoms with Gasteiger partial charge in [0.05, 0.1) is 5.69 Å². The van der Waals surface area contributed by atoms with Crippen molar-refractivity contribution in [2.24, 2.45) is 5.73 Å². The molecule has 1 aromatic heterocycles. The number of carbonyl (C=O) groups excluding carboxylic acids is 2. The van der Waals surface area contributed by atoms with Crippen molar-refractivity contribution >= 4 is 34.8 Å². The van der Waals surface area contributed by atoms with Crippen LogP contribution in [0.4, 0.5) is 5.69 Å². The number of anilines is 1. The van der Waals surface area contributed by atoms with E-state index in [0.717, 1.165) is 27.3 Å². The van der Waals surface area contributed by atoms with E-state index >= 15 is 0 Å². The van der Waals surface area contributed by atoms with E-state index in [-0.39, 0.29) is 29.7 Å². The van der Waals surface area contributed by atoms with Crippen LogP contribution >= 0.6 is 11.3 Å². The van der Waals surface area contributed by atoms with Crippen LogP contribution in [-0.2, 0) is 9.59 Å². The number of carbonyl (C=O) groups is 3. The van der Waals surface area contributed by atoms with Gasteiger partial charge in [0.2, 0.25) is 5.91 Å². The van der Waals surface area contributed by atoms with Gasteiger partial charge in [0.25, 0.3) is 5.91 Å². The van der Waals surface area contributed by atoms with Gasteiger partial charge >= 0.3 is 5.97 Å². The van der Waals surface area contributed by atoms with E-state index in [0.29, 0.717) is 17.0 Å². The van der Waals surface area contributed by atoms with Gasteiger partial charge in [-0.3, -0.25) is 9.59 Å². The predicted molar refractivity (Wildman–Crippen MR) is 113 cm³/mol. The fraction of sp³-hybridized carbons (Fsp3) is 0.136. The summed E-state index contributed by atoms with van der Waals surface area (Å²) in [7, 11) is 0. The highest BCUT2D eigenvalue weighted by Gasteiger charge is 2.34. The molecule has 0 radical (unpaired) electrons. The van der Waals surface area contributed by atoms with E-state index in [4.69, 9.17) is 10.5 Å². The number of ether oxygens (including phenoxy) is 1. The lowest BCUT2D eigenvalue weighted by atomic mass is 9.88. The number of hydrogen-bond acceptors (Lipinski definition) is 5. The van der Waals surface area contributed by atoms with E-state index in [1.807, 2.05) is 36.4 Å². The van der Waals surface area contributed by atoms with E-state index in [1.165, 1.54) is 0 Å². The lowest BCUT2D eigenvalue weighted by Crippen LogP contribution is -2.22. The van der Waals surface area contributed by atoms with Crippen LogP contribution in [0.1, 0.15) is 32.5 Å². The van der Waals surface area contributed by atoms with Gasteiger partial charge in [-0.15, -0.1) is 11.3 Å². The van der Waals surface area contributed by atoms with Gasteiger partial charge in [-0.05, 0) is 23.3 Å². The van der Waals surface area contributed by atoms with E-state index in [2.05, 4.69) is 5.32 Å². The van der Waals surface area contributed by atoms with Crippen LogP contribution in [0.3, 0.4) is 0 Å². The second kappa shape index (κ2) is 8.00. The number of nitrogens with one attached hydrogen (secondary N) is 1. The lowest BCUT2D eigenvalue weighted by Gasteiger charge is -2.24. The van der Waals surface area contributed by atoms with Crippen molar-refractivity contribution in [1.29, 1.82) is 0 Å². The molecule has 152 valence electrons. The minimum absolute atomic E-state index is 0.180. The predicted octanol–water partition coefficient (Wildman–Crippen LogP) is 3.45. The first kappa shape index (κ1) is 19.7. The Bertz CT molecular complexity index is 1140. The summed E-state index contributed by atoms with van der Waals surface area (Å²) < 4.78 is 5.38. The molecule has 2 heterocycles. The number of thiophene rings is 1. The van der Waals surface area contributed by atoms with Crippen LogP contribution in [-0.4, -0.2) is 29.5 Å². The topological polar surface area (TPSA) is 119 Å². The maximum atomic E-state index is 12.5. The monoisotopic (exact) mass is 422 g/mol. The molecular weight excluding hydrogens is 404 g/mol. The van der Waals surface area contributed by atoms with Gasteiger partial charge in [-0.25, -0.2) is 4.79 Å². The Morgan fingerprint density at radius 2 is 1.93 bits per heavy atom. The summed E-state index contributed by atoms with van der Waals surface area (Å²) in [6.45, 7) is -0.250. The Morgan fingerprint density at radius 1 is 1.17 bits per heavy atom. The van der Waals surface area contributed by atoms with Crippen molar-refractivity contribution in [3.05, 3.63) is 69.9 Å². The first-order chi connectivity index (χ1) is 14.4. The molecule has 8 heteroatoms. The lowest BCUT2D eigenvalue weighted by molar-refractivity contribution is -0.120. The molecule has 1 atom stereocenters. The quantitative estimate of drug-likeness (QED) is 0.562. The third kappa shape index (κ3) is 3.77. The fourth-order valence-corrected chi connectivity index (χ4v) is 4.81. The number of rotatable bonds is 6. The van der Waals surface area contributed by atoms with E-state index in [1.54, 1.807) is 18.2 Å². The molecular formula is C22H18N2O5S. The molecule has 1 aliphatic rings. The Morgan fingerprint density at radius 3 is 2.63 bits per heavy atom. The molecule has 1 aliphatic heterocycles. The summed E-state index contributed by atoms with van der Waals surface area (Å²) in [6.07, 6.45) is 0.181. The van der Waals surface area contributed by atoms with Crippen molar-refractivity contribution in [2.75, 3.05) is 11.9 Å². The summed E-state index contributed by atoms with van der Waals surface area (Å²) in [6, 6.07) is 16.2. The van der Waals surface area contributed by atoms with E-state index in [9.17, 15) is 19.5 Å². The number of aromatic carboxylic acids is 1. The number of carboxylic acid groups (broad SMARTS) is 1. The molecule has 2 aromatic carbocycles. The number of fused-ring (bicyclic) bond motifs is 1. The summed E-state index contributed by atoms with van der Waals surface area (Å²) in [5.74, 6) is -1.69. The largest absolute Gasteiger partial charge is 0.484 e. The molecule has 7 nitrogen and oxygen atoms in total. The third-order valence-electron chi connectivity index (χ3n) is 4.80. The maximum absolute atomic E-state index is 12.5. The van der Waals surface area contributed by atoms with Crippen LogP contribution in [0, 0.1) is 0 Å². The number of benzene rings is 2. The van der Waals surface area contributed by atoms with E-state index < -0.39 is 11.9 Å². The first-order valence-corrected chi connectivity index (χ1v) is 10.0. The SMILES string of the molecule is NC(=O)COc1cccc([C@@H]2CC(=O)Nc3c2sc(C(=O)O)c3-c2ccccc2)c1. The van der Waals surface area contributed by atoms with Gasteiger partial charge in [0, 0.05) is 22.8 Å². The van der Waals surface area contributed by atoms with Crippen LogP contribution < -0.4 is 15.8 Å². The smallest absolute Gasteiger partial charge is 0.346 e. The van der Waals surface area contributed by atoms with Gasteiger partial charge in [-0.2, -0.15) is 0 Å². The van der Waals surface area contributed by atoms with Crippen LogP contribution in [0.15, 0.2) is 54.6 Å². The summed E-state index contributed by atoms with van der Waals surface area (Å²) in [5, 5.41) is 12.7. The summed E-state index contributed by atoms with van der Waals surface area (Å²) in [4.78, 5) is 36.5. The maximum Gasteiger partial charge on any atom is 0.346 e. The van der Waals surface area contributed by atoms with Crippen molar-refractivity contribution < 1.29 is 24.2 Å². The number of hydrogen-bond donors (Lipinski definition) is 3. The molecule has 0 saturated carbocycles. The number of primary amides is 1. The summed E-state index contributed by atoms with van der Waals surface area (Å²) >= 11 is 1.16. The second-order valence-electron chi connectivity index (χ2n) is 6.85. The van der Waals surface area contributed by atoms with Crippen molar-refractivity contribution in [2.45, 2.75) is 12.3 Å². The molecule has 0 unspecified atom stereocenters. The summed E-state index contributed by atoms with van der Waals surface area (Å²) in [5.41, 5.74) is 7.71. The zero-order chi connectivity index (χ0) is 21.3. The normalized spacial score (nSPS) is 15.2. The highest BCUT2D eigenvalue weighted by molar-refractivity contribution is 7.15.